The number of carbonyl (C=O) groups excluding carboxylic acids is 6. The van der Waals surface area contributed by atoms with Crippen molar-refractivity contribution in [2.75, 3.05) is 10.6 Å². The molecule has 0 bridgehead atoms. The van der Waals surface area contributed by atoms with Crippen molar-refractivity contribution in [1.82, 2.24) is 0 Å². The summed E-state index contributed by atoms with van der Waals surface area (Å²) in [5.74, 6) is -6.17. The van der Waals surface area contributed by atoms with Crippen molar-refractivity contribution in [3.05, 3.63) is 176 Å². The lowest BCUT2D eigenvalue weighted by molar-refractivity contribution is 0.0654. The van der Waals surface area contributed by atoms with Gasteiger partial charge in [-0.05, 0) is 54.6 Å². The number of carboxylic acid groups (broad SMARTS) is 2. The normalized spacial score (nSPS) is 12.8. The van der Waals surface area contributed by atoms with E-state index in [1.54, 1.807) is 42.5 Å². The molecule has 0 atom stereocenters. The van der Waals surface area contributed by atoms with Gasteiger partial charge in [-0.1, -0.05) is 54.6 Å². The van der Waals surface area contributed by atoms with Gasteiger partial charge in [-0.2, -0.15) is 0 Å². The van der Waals surface area contributed by atoms with Crippen molar-refractivity contribution >= 4 is 89.8 Å². The van der Waals surface area contributed by atoms with Crippen molar-refractivity contribution in [3.8, 4) is 0 Å². The molecule has 9 rings (SSSR count). The molecule has 0 saturated heterocycles. The van der Waals surface area contributed by atoms with Gasteiger partial charge in [-0.15, -0.1) is 11.3 Å². The highest BCUT2D eigenvalue weighted by Gasteiger charge is 2.32. The molecule has 6 aromatic carbocycles. The molecule has 4 N–H and O–H groups in total. The number of benzene rings is 6. The highest BCUT2D eigenvalue weighted by atomic mass is 32.1. The van der Waals surface area contributed by atoms with Crippen LogP contribution in [0.25, 0.3) is 20.2 Å². The molecule has 2 amide bonds. The van der Waals surface area contributed by atoms with Gasteiger partial charge in [0.05, 0.1) is 16.8 Å². The number of carbonyl (C=O) groups is 8. The van der Waals surface area contributed by atoms with E-state index in [0.717, 1.165) is 11.3 Å². The van der Waals surface area contributed by atoms with E-state index < -0.39 is 40.7 Å². The average Bonchev–Trinajstić information content (AvgIpc) is 3.57. The van der Waals surface area contributed by atoms with Gasteiger partial charge in [-0.3, -0.25) is 28.8 Å². The number of ketones is 4. The molecule has 1 heterocycles. The number of hydrogen-bond donors (Lipinski definition) is 4. The van der Waals surface area contributed by atoms with Crippen molar-refractivity contribution in [1.29, 1.82) is 0 Å². The largest absolute Gasteiger partial charge is 0.478 e. The molecule has 0 unspecified atom stereocenters. The van der Waals surface area contributed by atoms with E-state index in [9.17, 15) is 48.6 Å². The summed E-state index contributed by atoms with van der Waals surface area (Å²) in [5.41, 5.74) is 0.140. The fraction of sp³-hybridized carbons (Fsp3) is 0. The maximum atomic E-state index is 13.6. The zero-order valence-electron chi connectivity index (χ0n) is 29.0. The number of thiophene rings is 1. The first kappa shape index (κ1) is 34.8. The Morgan fingerprint density at radius 3 is 1.40 bits per heavy atom. The zero-order chi connectivity index (χ0) is 39.9. The topological polar surface area (TPSA) is 201 Å². The standard InChI is InChI=1S/C44H22N2O10S/c47-37-22-5-1-3-7-24(22)39(49)29-15-19(9-12-26(29)37)41(51)45-21-11-14-28-32(17-21)57-33-18-31(35(43(53)54)36(34(28)33)44(55)56)46-42(52)20-10-13-27-30(16-20)40(50)25-8-4-2-6-23(25)38(27)48/h1-18H,(H,45,51)(H,46,52)(H,53,54)(H,55,56). The average molecular weight is 771 g/mol. The van der Waals surface area contributed by atoms with E-state index in [4.69, 9.17) is 0 Å². The Kier molecular flexibility index (Phi) is 7.86. The quantitative estimate of drug-likeness (QED) is 0.131. The molecule has 0 saturated carbocycles. The summed E-state index contributed by atoms with van der Waals surface area (Å²) in [5, 5.41) is 26.4. The van der Waals surface area contributed by atoms with Crippen molar-refractivity contribution in [2.24, 2.45) is 0 Å². The van der Waals surface area contributed by atoms with E-state index in [1.165, 1.54) is 66.7 Å². The first-order valence-corrected chi connectivity index (χ1v) is 18.0. The lowest BCUT2D eigenvalue weighted by Gasteiger charge is -2.18. The molecule has 7 aromatic rings. The number of carboxylic acids is 2. The highest BCUT2D eigenvalue weighted by molar-refractivity contribution is 7.26. The molecule has 0 aliphatic heterocycles. The number of amides is 2. The van der Waals surface area contributed by atoms with Crippen LogP contribution >= 0.6 is 11.3 Å². The Labute approximate surface area is 324 Å². The van der Waals surface area contributed by atoms with Gasteiger partial charge in [0.15, 0.2) is 23.1 Å². The van der Waals surface area contributed by atoms with Crippen LogP contribution in [0.3, 0.4) is 0 Å². The van der Waals surface area contributed by atoms with E-state index >= 15 is 0 Å². The zero-order valence-corrected chi connectivity index (χ0v) is 29.8. The lowest BCUT2D eigenvalue weighted by atomic mass is 9.83. The van der Waals surface area contributed by atoms with Gasteiger partial charge < -0.3 is 20.8 Å². The minimum Gasteiger partial charge on any atom is -0.478 e. The third kappa shape index (κ3) is 5.44. The molecule has 274 valence electrons. The third-order valence-corrected chi connectivity index (χ3v) is 11.2. The number of fused-ring (bicyclic) bond motifs is 7. The summed E-state index contributed by atoms with van der Waals surface area (Å²) in [6.07, 6.45) is 0. The van der Waals surface area contributed by atoms with Crippen LogP contribution in [0.5, 0.6) is 0 Å². The maximum absolute atomic E-state index is 13.6. The fourth-order valence-electron chi connectivity index (χ4n) is 7.43. The maximum Gasteiger partial charge on any atom is 0.338 e. The Morgan fingerprint density at radius 1 is 0.456 bits per heavy atom. The van der Waals surface area contributed by atoms with Gasteiger partial charge >= 0.3 is 11.9 Å². The van der Waals surface area contributed by atoms with Crippen LogP contribution in [-0.4, -0.2) is 57.1 Å². The van der Waals surface area contributed by atoms with E-state index in [-0.39, 0.29) is 84.1 Å². The van der Waals surface area contributed by atoms with E-state index in [0.29, 0.717) is 20.5 Å². The Hall–Kier alpha value is -7.90. The predicted octanol–water partition coefficient (Wildman–Crippen LogP) is 7.51. The summed E-state index contributed by atoms with van der Waals surface area (Å²) in [6, 6.07) is 26.9. The van der Waals surface area contributed by atoms with Crippen LogP contribution in [0.1, 0.15) is 105 Å². The molecule has 57 heavy (non-hydrogen) atoms. The van der Waals surface area contributed by atoms with E-state index in [1.807, 2.05) is 0 Å². The lowest BCUT2D eigenvalue weighted by Crippen LogP contribution is -2.22. The van der Waals surface area contributed by atoms with Gasteiger partial charge in [0.2, 0.25) is 0 Å². The number of anilines is 2. The SMILES string of the molecule is O=C(Nc1ccc2c(c1)sc1cc(NC(=O)c3ccc4c(c3)C(=O)c3ccccc3C4=O)c(C(=O)O)c(C(=O)O)c12)c1ccc2c(c1)C(=O)c1ccccc1C2=O. The van der Waals surface area contributed by atoms with Crippen LogP contribution in [0.2, 0.25) is 0 Å². The molecular formula is C44H22N2O10S. The van der Waals surface area contributed by atoms with Crippen LogP contribution < -0.4 is 10.6 Å². The van der Waals surface area contributed by atoms with Crippen LogP contribution in [0, 0.1) is 0 Å². The molecule has 12 nitrogen and oxygen atoms in total. The Balaban J connectivity index is 1.04. The third-order valence-electron chi connectivity index (χ3n) is 10.1. The summed E-state index contributed by atoms with van der Waals surface area (Å²) in [6.45, 7) is 0. The molecule has 1 aromatic heterocycles. The predicted molar refractivity (Wildman–Crippen MR) is 209 cm³/mol. The van der Waals surface area contributed by atoms with Crippen LogP contribution in [-0.2, 0) is 0 Å². The van der Waals surface area contributed by atoms with Gasteiger partial charge in [0.25, 0.3) is 11.8 Å². The van der Waals surface area contributed by atoms with Crippen LogP contribution in [0.15, 0.2) is 109 Å². The summed E-state index contributed by atoms with van der Waals surface area (Å²) in [7, 11) is 0. The number of nitrogens with one attached hydrogen (secondary N) is 2. The van der Waals surface area contributed by atoms with Gasteiger partial charge in [0.1, 0.15) is 0 Å². The summed E-state index contributed by atoms with van der Waals surface area (Å²) < 4.78 is 0.790. The first-order valence-electron chi connectivity index (χ1n) is 17.2. The smallest absolute Gasteiger partial charge is 0.338 e. The first-order chi connectivity index (χ1) is 27.4. The number of aromatic carboxylic acids is 2. The fourth-order valence-corrected chi connectivity index (χ4v) is 8.62. The molecule has 0 radical (unpaired) electrons. The Bertz CT molecular complexity index is 3100. The second-order valence-electron chi connectivity index (χ2n) is 13.3. The molecular weight excluding hydrogens is 749 g/mol. The molecule has 0 spiro atoms. The monoisotopic (exact) mass is 770 g/mol. The van der Waals surface area contributed by atoms with Gasteiger partial charge in [0, 0.05) is 81.5 Å². The molecule has 2 aliphatic rings. The molecule has 2 aliphatic carbocycles. The summed E-state index contributed by atoms with van der Waals surface area (Å²) in [4.78, 5) is 105. The van der Waals surface area contributed by atoms with Crippen molar-refractivity contribution in [2.45, 2.75) is 0 Å². The highest BCUT2D eigenvalue weighted by Crippen LogP contribution is 2.42. The minimum absolute atomic E-state index is 0.000115. The van der Waals surface area contributed by atoms with Crippen molar-refractivity contribution in [3.63, 3.8) is 0 Å². The second-order valence-corrected chi connectivity index (χ2v) is 14.4. The molecule has 13 heteroatoms. The Morgan fingerprint density at radius 2 is 0.912 bits per heavy atom. The van der Waals surface area contributed by atoms with Crippen molar-refractivity contribution < 1.29 is 48.6 Å². The van der Waals surface area contributed by atoms with E-state index in [2.05, 4.69) is 10.6 Å². The van der Waals surface area contributed by atoms with Crippen LogP contribution in [0.4, 0.5) is 11.4 Å². The second kappa shape index (κ2) is 12.9. The minimum atomic E-state index is -1.62. The summed E-state index contributed by atoms with van der Waals surface area (Å²) >= 11 is 1.09. The van der Waals surface area contributed by atoms with Gasteiger partial charge in [-0.25, -0.2) is 9.59 Å². The molecule has 0 fully saturated rings. The number of rotatable bonds is 6. The number of hydrogen-bond acceptors (Lipinski definition) is 9.